The number of amides is 1. The summed E-state index contributed by atoms with van der Waals surface area (Å²) in [5.74, 6) is 1.01. The second-order valence-electron chi connectivity index (χ2n) is 5.35. The fraction of sp³-hybridized carbons (Fsp3) is 0.615. The van der Waals surface area contributed by atoms with Gasteiger partial charge >= 0.3 is 6.09 Å². The second kappa shape index (κ2) is 5.24. The highest BCUT2D eigenvalue weighted by Gasteiger charge is 2.36. The molecule has 0 bridgehead atoms. The summed E-state index contributed by atoms with van der Waals surface area (Å²) in [7, 11) is 0. The number of likely N-dealkylation sites (tertiary alicyclic amines) is 1. The zero-order valence-electron chi connectivity index (χ0n) is 11.1. The second-order valence-corrected chi connectivity index (χ2v) is 5.35. The number of hydrogen-bond acceptors (Lipinski definition) is 5. The maximum Gasteiger partial charge on any atom is 0.407 e. The predicted molar refractivity (Wildman–Crippen MR) is 70.6 cm³/mol. The Hall–Kier alpha value is -1.89. The molecule has 1 aromatic heterocycles. The molecule has 108 valence electrons. The summed E-state index contributed by atoms with van der Waals surface area (Å²) in [6, 6.07) is -0.184. The Bertz CT molecular complexity index is 489. The van der Waals surface area contributed by atoms with Crippen LogP contribution in [0, 0.1) is 0 Å². The minimum atomic E-state index is -0.957. The molecule has 1 aliphatic heterocycles. The van der Waals surface area contributed by atoms with Crippen LogP contribution in [0.2, 0.25) is 0 Å². The predicted octanol–water partition coefficient (Wildman–Crippen LogP) is 0.812. The summed E-state index contributed by atoms with van der Waals surface area (Å²) in [6.07, 6.45) is 5.16. The number of rotatable bonds is 4. The van der Waals surface area contributed by atoms with E-state index in [1.54, 1.807) is 12.4 Å². The molecular formula is C13H18N4O3. The van der Waals surface area contributed by atoms with Crippen LogP contribution in [-0.2, 0) is 0 Å². The van der Waals surface area contributed by atoms with Crippen molar-refractivity contribution in [3.05, 3.63) is 18.1 Å². The molecule has 1 saturated carbocycles. The summed E-state index contributed by atoms with van der Waals surface area (Å²) < 4.78 is 5.71. The normalized spacial score (nSPS) is 25.8. The number of carbonyl (C=O) groups is 1. The van der Waals surface area contributed by atoms with Crippen molar-refractivity contribution in [3.8, 4) is 5.88 Å². The van der Waals surface area contributed by atoms with E-state index < -0.39 is 6.09 Å². The van der Waals surface area contributed by atoms with Gasteiger partial charge in [0.2, 0.25) is 5.88 Å². The van der Waals surface area contributed by atoms with Crippen molar-refractivity contribution in [2.75, 3.05) is 13.1 Å². The fourth-order valence-electron chi connectivity index (χ4n) is 2.56. The van der Waals surface area contributed by atoms with Gasteiger partial charge < -0.3 is 20.5 Å². The third-order valence-electron chi connectivity index (χ3n) is 3.83. The standard InChI is InChI=1S/C13H18N4O3/c14-4-9-3-10(7-17(9)13(18)19)20-12-6-15-11(5-16-12)8-1-2-8/h5-6,8-10H,1-4,7,14H2,(H,18,19)/t9-,10+/m0/s1. The Morgan fingerprint density at radius 3 is 2.75 bits per heavy atom. The Kier molecular flexibility index (Phi) is 3.43. The van der Waals surface area contributed by atoms with Gasteiger partial charge in [-0.05, 0) is 12.8 Å². The maximum absolute atomic E-state index is 11.1. The first-order valence-corrected chi connectivity index (χ1v) is 6.85. The Labute approximate surface area is 116 Å². The Balaban J connectivity index is 1.61. The van der Waals surface area contributed by atoms with Gasteiger partial charge in [0.1, 0.15) is 6.10 Å². The molecule has 2 aliphatic rings. The molecule has 2 heterocycles. The average molecular weight is 278 g/mol. The molecule has 0 radical (unpaired) electrons. The quantitative estimate of drug-likeness (QED) is 0.845. The SMILES string of the molecule is NC[C@@H]1C[C@@H](Oc2cnc(C3CC3)cn2)CN1C(=O)O. The van der Waals surface area contributed by atoms with Crippen molar-refractivity contribution < 1.29 is 14.6 Å². The molecule has 7 heteroatoms. The minimum Gasteiger partial charge on any atom is -0.471 e. The van der Waals surface area contributed by atoms with Crippen molar-refractivity contribution in [2.24, 2.45) is 5.73 Å². The van der Waals surface area contributed by atoms with E-state index in [2.05, 4.69) is 9.97 Å². The third-order valence-corrected chi connectivity index (χ3v) is 3.83. The van der Waals surface area contributed by atoms with Gasteiger partial charge in [-0.25, -0.2) is 9.78 Å². The Morgan fingerprint density at radius 2 is 2.25 bits per heavy atom. The van der Waals surface area contributed by atoms with Crippen LogP contribution >= 0.6 is 0 Å². The first-order chi connectivity index (χ1) is 9.67. The van der Waals surface area contributed by atoms with E-state index in [4.69, 9.17) is 15.6 Å². The van der Waals surface area contributed by atoms with E-state index >= 15 is 0 Å². The molecule has 3 N–H and O–H groups in total. The maximum atomic E-state index is 11.1. The zero-order valence-corrected chi connectivity index (χ0v) is 11.1. The van der Waals surface area contributed by atoms with Gasteiger partial charge in [-0.3, -0.25) is 4.98 Å². The highest BCUT2D eigenvalue weighted by atomic mass is 16.5. The minimum absolute atomic E-state index is 0.184. The third kappa shape index (κ3) is 2.67. The van der Waals surface area contributed by atoms with Crippen LogP contribution in [0.4, 0.5) is 4.79 Å². The van der Waals surface area contributed by atoms with Crippen molar-refractivity contribution in [3.63, 3.8) is 0 Å². The molecule has 1 aliphatic carbocycles. The molecule has 1 saturated heterocycles. The molecule has 2 atom stereocenters. The highest BCUT2D eigenvalue weighted by molar-refractivity contribution is 5.66. The molecule has 0 unspecified atom stereocenters. The molecular weight excluding hydrogens is 260 g/mol. The molecule has 0 aromatic carbocycles. The summed E-state index contributed by atoms with van der Waals surface area (Å²) in [5, 5.41) is 9.09. The summed E-state index contributed by atoms with van der Waals surface area (Å²) in [6.45, 7) is 0.627. The lowest BCUT2D eigenvalue weighted by molar-refractivity contribution is 0.134. The zero-order chi connectivity index (χ0) is 14.1. The van der Waals surface area contributed by atoms with Crippen LogP contribution in [0.15, 0.2) is 12.4 Å². The van der Waals surface area contributed by atoms with Crippen molar-refractivity contribution in [1.29, 1.82) is 0 Å². The van der Waals surface area contributed by atoms with Crippen LogP contribution < -0.4 is 10.5 Å². The van der Waals surface area contributed by atoms with Crippen molar-refractivity contribution >= 4 is 6.09 Å². The number of ether oxygens (including phenoxy) is 1. The largest absolute Gasteiger partial charge is 0.471 e. The van der Waals surface area contributed by atoms with Gasteiger partial charge in [0.25, 0.3) is 0 Å². The van der Waals surface area contributed by atoms with E-state index in [9.17, 15) is 4.79 Å². The number of aromatic nitrogens is 2. The van der Waals surface area contributed by atoms with Crippen LogP contribution in [0.25, 0.3) is 0 Å². The smallest absolute Gasteiger partial charge is 0.407 e. The fourth-order valence-corrected chi connectivity index (χ4v) is 2.56. The van der Waals surface area contributed by atoms with E-state index in [0.717, 1.165) is 5.69 Å². The summed E-state index contributed by atoms with van der Waals surface area (Å²) >= 11 is 0. The molecule has 0 spiro atoms. The summed E-state index contributed by atoms with van der Waals surface area (Å²) in [5.41, 5.74) is 6.60. The van der Waals surface area contributed by atoms with Gasteiger partial charge in [-0.1, -0.05) is 0 Å². The van der Waals surface area contributed by atoms with E-state index in [-0.39, 0.29) is 12.1 Å². The van der Waals surface area contributed by atoms with Gasteiger partial charge in [0.05, 0.1) is 30.7 Å². The van der Waals surface area contributed by atoms with Gasteiger partial charge in [-0.15, -0.1) is 0 Å². The first-order valence-electron chi connectivity index (χ1n) is 6.85. The van der Waals surface area contributed by atoms with Gasteiger partial charge in [0.15, 0.2) is 0 Å². The van der Waals surface area contributed by atoms with Crippen molar-refractivity contribution in [1.82, 2.24) is 14.9 Å². The molecule has 1 amide bonds. The lowest BCUT2D eigenvalue weighted by Crippen LogP contribution is -2.39. The number of nitrogens with two attached hydrogens (primary N) is 1. The number of carboxylic acid groups (broad SMARTS) is 1. The van der Waals surface area contributed by atoms with Gasteiger partial charge in [0, 0.05) is 18.9 Å². The van der Waals surface area contributed by atoms with Crippen LogP contribution in [0.1, 0.15) is 30.9 Å². The number of nitrogens with zero attached hydrogens (tertiary/aromatic N) is 3. The monoisotopic (exact) mass is 278 g/mol. The van der Waals surface area contributed by atoms with Crippen LogP contribution in [0.5, 0.6) is 5.88 Å². The van der Waals surface area contributed by atoms with E-state index in [1.807, 2.05) is 0 Å². The molecule has 2 fully saturated rings. The molecule has 3 rings (SSSR count). The average Bonchev–Trinajstić information content (AvgIpc) is 3.20. The van der Waals surface area contributed by atoms with E-state index in [1.165, 1.54) is 17.7 Å². The lowest BCUT2D eigenvalue weighted by Gasteiger charge is -2.18. The van der Waals surface area contributed by atoms with Crippen molar-refractivity contribution in [2.45, 2.75) is 37.3 Å². The topological polar surface area (TPSA) is 102 Å². The van der Waals surface area contributed by atoms with Crippen LogP contribution in [0.3, 0.4) is 0 Å². The summed E-state index contributed by atoms with van der Waals surface area (Å²) in [4.78, 5) is 21.0. The lowest BCUT2D eigenvalue weighted by atomic mass is 10.2. The highest BCUT2D eigenvalue weighted by Crippen LogP contribution is 2.38. The van der Waals surface area contributed by atoms with Gasteiger partial charge in [-0.2, -0.15) is 0 Å². The van der Waals surface area contributed by atoms with Crippen LogP contribution in [-0.4, -0.2) is 51.3 Å². The van der Waals surface area contributed by atoms with E-state index in [0.29, 0.717) is 31.3 Å². The molecule has 7 nitrogen and oxygen atoms in total. The Morgan fingerprint density at radius 1 is 1.45 bits per heavy atom. The molecule has 1 aromatic rings. The first kappa shape index (κ1) is 13.1. The number of hydrogen-bond donors (Lipinski definition) is 2. The molecule has 20 heavy (non-hydrogen) atoms.